The normalized spacial score (nSPS) is 17.9. The summed E-state index contributed by atoms with van der Waals surface area (Å²) in [4.78, 5) is 23.0. The Labute approximate surface area is 126 Å². The lowest BCUT2D eigenvalue weighted by molar-refractivity contribution is 0.0854. The van der Waals surface area contributed by atoms with E-state index in [2.05, 4.69) is 20.3 Å². The van der Waals surface area contributed by atoms with Crippen LogP contribution in [0, 0.1) is 0 Å². The smallest absolute Gasteiger partial charge is 0.267 e. The number of hydrogen-bond donors (Lipinski definition) is 2. The number of rotatable bonds is 4. The minimum absolute atomic E-state index is 0.129. The van der Waals surface area contributed by atoms with Gasteiger partial charge in [-0.05, 0) is 18.9 Å². The van der Waals surface area contributed by atoms with E-state index in [1.807, 2.05) is 0 Å². The molecule has 0 saturated carbocycles. The summed E-state index contributed by atoms with van der Waals surface area (Å²) in [5.41, 5.74) is 1.95. The molecule has 0 aromatic carbocycles. The number of nitrogens with zero attached hydrogens (tertiary/aromatic N) is 2. The molecule has 0 aliphatic carbocycles. The van der Waals surface area contributed by atoms with Gasteiger partial charge >= 0.3 is 0 Å². The Bertz CT molecular complexity index is 637. The van der Waals surface area contributed by atoms with Crippen LogP contribution < -0.4 is 5.32 Å². The average Bonchev–Trinajstić information content (AvgIpc) is 3.16. The second-order valence-corrected chi connectivity index (χ2v) is 5.26. The topological polar surface area (TPSA) is 79.9 Å². The lowest BCUT2D eigenvalue weighted by Gasteiger charge is -2.09. The van der Waals surface area contributed by atoms with E-state index in [0.29, 0.717) is 23.1 Å². The molecule has 1 fully saturated rings. The maximum absolute atomic E-state index is 12.1. The molecule has 21 heavy (non-hydrogen) atoms. The molecule has 3 rings (SSSR count). The van der Waals surface area contributed by atoms with Gasteiger partial charge in [0.1, 0.15) is 17.2 Å². The number of aromatic amines is 1. The Balaban J connectivity index is 1.65. The minimum atomic E-state index is -0.156. The van der Waals surface area contributed by atoms with Crippen molar-refractivity contribution in [1.29, 1.82) is 0 Å². The van der Waals surface area contributed by atoms with Gasteiger partial charge in [0.25, 0.3) is 5.91 Å². The van der Waals surface area contributed by atoms with Crippen LogP contribution in [0.25, 0.3) is 11.3 Å². The van der Waals surface area contributed by atoms with Gasteiger partial charge in [-0.15, -0.1) is 0 Å². The molecule has 2 aromatic rings. The molecular formula is C14H15ClN4O2. The second-order valence-electron chi connectivity index (χ2n) is 4.87. The molecule has 1 unspecified atom stereocenters. The summed E-state index contributed by atoms with van der Waals surface area (Å²) in [5.74, 6) is -0.156. The molecule has 1 aliphatic rings. The Morgan fingerprint density at radius 3 is 3.14 bits per heavy atom. The van der Waals surface area contributed by atoms with Crippen molar-refractivity contribution in [2.75, 3.05) is 13.2 Å². The highest BCUT2D eigenvalue weighted by molar-refractivity contribution is 6.29. The van der Waals surface area contributed by atoms with Crippen LogP contribution in [0.4, 0.5) is 0 Å². The van der Waals surface area contributed by atoms with Gasteiger partial charge in [0, 0.05) is 31.0 Å². The highest BCUT2D eigenvalue weighted by atomic mass is 35.5. The van der Waals surface area contributed by atoms with E-state index in [1.165, 1.54) is 6.33 Å². The van der Waals surface area contributed by atoms with Crippen LogP contribution in [0.1, 0.15) is 23.3 Å². The molecule has 1 saturated heterocycles. The van der Waals surface area contributed by atoms with Gasteiger partial charge in [-0.2, -0.15) is 0 Å². The largest absolute Gasteiger partial charge is 0.376 e. The third kappa shape index (κ3) is 3.40. The Morgan fingerprint density at radius 2 is 2.38 bits per heavy atom. The van der Waals surface area contributed by atoms with Gasteiger partial charge < -0.3 is 15.0 Å². The van der Waals surface area contributed by atoms with Crippen LogP contribution in [-0.4, -0.2) is 40.1 Å². The van der Waals surface area contributed by atoms with Gasteiger partial charge in [-0.3, -0.25) is 4.79 Å². The van der Waals surface area contributed by atoms with E-state index in [9.17, 15) is 4.79 Å². The van der Waals surface area contributed by atoms with Crippen LogP contribution in [0.3, 0.4) is 0 Å². The van der Waals surface area contributed by atoms with Crippen LogP contribution in [0.2, 0.25) is 5.15 Å². The number of carbonyl (C=O) groups excluding carboxylic acids is 1. The highest BCUT2D eigenvalue weighted by Crippen LogP contribution is 2.19. The molecule has 7 heteroatoms. The molecule has 0 radical (unpaired) electrons. The lowest BCUT2D eigenvalue weighted by atomic mass is 10.2. The Hall–Kier alpha value is -1.92. The number of aromatic nitrogens is 3. The molecule has 3 heterocycles. The van der Waals surface area contributed by atoms with Crippen molar-refractivity contribution >= 4 is 17.5 Å². The van der Waals surface area contributed by atoms with Crippen molar-refractivity contribution in [3.8, 4) is 11.3 Å². The molecule has 110 valence electrons. The first kappa shape index (κ1) is 14.0. The van der Waals surface area contributed by atoms with E-state index < -0.39 is 0 Å². The first-order valence-electron chi connectivity index (χ1n) is 6.78. The molecule has 0 spiro atoms. The second kappa shape index (κ2) is 6.24. The fourth-order valence-electron chi connectivity index (χ4n) is 2.27. The number of nitrogens with one attached hydrogen (secondary N) is 2. The fraction of sp³-hybridized carbons (Fsp3) is 0.357. The standard InChI is InChI=1S/C14H15ClN4O2/c15-13-5-11(18-8-19-13)9-4-12(16-6-9)14(20)17-7-10-2-1-3-21-10/h4-6,8,10,16H,1-3,7H2,(H,17,20). The lowest BCUT2D eigenvalue weighted by Crippen LogP contribution is -2.31. The molecule has 1 amide bonds. The van der Waals surface area contributed by atoms with E-state index in [-0.39, 0.29) is 12.0 Å². The summed E-state index contributed by atoms with van der Waals surface area (Å²) in [6.07, 6.45) is 5.29. The van der Waals surface area contributed by atoms with Crippen LogP contribution in [0.15, 0.2) is 24.7 Å². The van der Waals surface area contributed by atoms with Gasteiger partial charge in [0.15, 0.2) is 0 Å². The van der Waals surface area contributed by atoms with Crippen LogP contribution >= 0.6 is 11.6 Å². The molecule has 2 aromatic heterocycles. The summed E-state index contributed by atoms with van der Waals surface area (Å²) < 4.78 is 5.47. The maximum atomic E-state index is 12.1. The number of halogens is 1. The first-order chi connectivity index (χ1) is 10.2. The van der Waals surface area contributed by atoms with Gasteiger partial charge in [-0.1, -0.05) is 11.6 Å². The molecule has 6 nitrogen and oxygen atoms in total. The summed E-state index contributed by atoms with van der Waals surface area (Å²) in [6.45, 7) is 1.31. The van der Waals surface area contributed by atoms with Crippen molar-refractivity contribution < 1.29 is 9.53 Å². The van der Waals surface area contributed by atoms with Crippen molar-refractivity contribution in [1.82, 2.24) is 20.3 Å². The number of H-pyrrole nitrogens is 1. The molecule has 1 aliphatic heterocycles. The van der Waals surface area contributed by atoms with Crippen molar-refractivity contribution in [2.24, 2.45) is 0 Å². The summed E-state index contributed by atoms with van der Waals surface area (Å²) in [6, 6.07) is 3.39. The molecule has 2 N–H and O–H groups in total. The van der Waals surface area contributed by atoms with Gasteiger partial charge in [0.05, 0.1) is 11.8 Å². The first-order valence-corrected chi connectivity index (χ1v) is 7.16. The highest BCUT2D eigenvalue weighted by Gasteiger charge is 2.17. The van der Waals surface area contributed by atoms with Gasteiger partial charge in [0.2, 0.25) is 0 Å². The predicted molar refractivity (Wildman–Crippen MR) is 78.1 cm³/mol. The zero-order valence-electron chi connectivity index (χ0n) is 11.3. The molecule has 1 atom stereocenters. The number of amides is 1. The molecular weight excluding hydrogens is 292 g/mol. The van der Waals surface area contributed by atoms with E-state index in [0.717, 1.165) is 25.0 Å². The number of ether oxygens (including phenoxy) is 1. The molecule has 0 bridgehead atoms. The van der Waals surface area contributed by atoms with Crippen molar-refractivity contribution in [3.63, 3.8) is 0 Å². The quantitative estimate of drug-likeness (QED) is 0.847. The average molecular weight is 307 g/mol. The Morgan fingerprint density at radius 1 is 1.48 bits per heavy atom. The van der Waals surface area contributed by atoms with E-state index >= 15 is 0 Å². The van der Waals surface area contributed by atoms with Gasteiger partial charge in [-0.25, -0.2) is 9.97 Å². The monoisotopic (exact) mass is 306 g/mol. The Kier molecular flexibility index (Phi) is 4.17. The van der Waals surface area contributed by atoms with E-state index in [4.69, 9.17) is 16.3 Å². The summed E-state index contributed by atoms with van der Waals surface area (Å²) >= 11 is 5.83. The number of hydrogen-bond acceptors (Lipinski definition) is 4. The van der Waals surface area contributed by atoms with E-state index in [1.54, 1.807) is 18.3 Å². The van der Waals surface area contributed by atoms with Crippen molar-refractivity contribution in [3.05, 3.63) is 35.5 Å². The van der Waals surface area contributed by atoms with Crippen molar-refractivity contribution in [2.45, 2.75) is 18.9 Å². The number of carbonyl (C=O) groups is 1. The summed E-state index contributed by atoms with van der Waals surface area (Å²) in [5, 5.41) is 3.23. The third-order valence-electron chi connectivity index (χ3n) is 3.37. The zero-order valence-corrected chi connectivity index (χ0v) is 12.1. The predicted octanol–water partition coefficient (Wildman–Crippen LogP) is 2.03. The zero-order chi connectivity index (χ0) is 14.7. The SMILES string of the molecule is O=C(NCC1CCCO1)c1cc(-c2cc(Cl)ncn2)c[nH]1. The van der Waals surface area contributed by atoms with Crippen LogP contribution in [-0.2, 0) is 4.74 Å². The summed E-state index contributed by atoms with van der Waals surface area (Å²) in [7, 11) is 0. The minimum Gasteiger partial charge on any atom is -0.376 e. The maximum Gasteiger partial charge on any atom is 0.267 e. The fourth-order valence-corrected chi connectivity index (χ4v) is 2.42. The third-order valence-corrected chi connectivity index (χ3v) is 3.58. The van der Waals surface area contributed by atoms with Crippen LogP contribution in [0.5, 0.6) is 0 Å².